The Morgan fingerprint density at radius 2 is 2.33 bits per heavy atom. The third kappa shape index (κ3) is 3.46. The monoisotopic (exact) mass is 222 g/mol. The van der Waals surface area contributed by atoms with E-state index in [1.54, 1.807) is 18.9 Å². The molecule has 0 saturated carbocycles. The molecule has 0 atom stereocenters. The number of ether oxygens (including phenoxy) is 1. The van der Waals surface area contributed by atoms with E-state index in [0.717, 1.165) is 17.1 Å². The molecule has 0 spiro atoms. The molecule has 1 rings (SSSR count). The van der Waals surface area contributed by atoms with Gasteiger partial charge in [0.05, 0.1) is 12.7 Å². The smallest absolute Gasteiger partial charge is 0.136 e. The molecule has 0 unspecified atom stereocenters. The van der Waals surface area contributed by atoms with Gasteiger partial charge in [-0.2, -0.15) is 17.0 Å². The fraction of sp³-hybridized carbons (Fsp3) is 0.364. The summed E-state index contributed by atoms with van der Waals surface area (Å²) in [7, 11) is 1.57. The molecule has 0 aliphatic rings. The Bertz CT molecular complexity index is 360. The Morgan fingerprint density at radius 3 is 2.93 bits per heavy atom. The van der Waals surface area contributed by atoms with Crippen molar-refractivity contribution in [3.8, 4) is 11.8 Å². The highest BCUT2D eigenvalue weighted by molar-refractivity contribution is 7.98. The van der Waals surface area contributed by atoms with Crippen LogP contribution in [0.3, 0.4) is 0 Å². The summed E-state index contributed by atoms with van der Waals surface area (Å²) in [5.74, 6) is 2.45. The molecular weight excluding hydrogens is 208 g/mol. The van der Waals surface area contributed by atoms with Gasteiger partial charge < -0.3 is 10.5 Å². The minimum atomic E-state index is 0.586. The number of thioether (sulfide) groups is 1. The van der Waals surface area contributed by atoms with Crippen LogP contribution in [-0.4, -0.2) is 19.4 Å². The van der Waals surface area contributed by atoms with Crippen LogP contribution in [0.5, 0.6) is 5.75 Å². The summed E-state index contributed by atoms with van der Waals surface area (Å²) in [4.78, 5) is 0. The summed E-state index contributed by atoms with van der Waals surface area (Å²) in [6.45, 7) is 0.686. The molecule has 0 bridgehead atoms. The van der Waals surface area contributed by atoms with E-state index in [0.29, 0.717) is 17.9 Å². The second-order valence-corrected chi connectivity index (χ2v) is 4.09. The molecule has 0 saturated heterocycles. The maximum Gasteiger partial charge on any atom is 0.136 e. The van der Waals surface area contributed by atoms with E-state index in [1.165, 1.54) is 0 Å². The van der Waals surface area contributed by atoms with Gasteiger partial charge in [0.1, 0.15) is 11.8 Å². The third-order valence-electron chi connectivity index (χ3n) is 1.92. The Kier molecular flexibility index (Phi) is 5.02. The maximum atomic E-state index is 8.89. The number of benzene rings is 1. The van der Waals surface area contributed by atoms with Crippen LogP contribution in [0, 0.1) is 11.3 Å². The van der Waals surface area contributed by atoms with Gasteiger partial charge >= 0.3 is 0 Å². The van der Waals surface area contributed by atoms with Crippen LogP contribution in [0.1, 0.15) is 11.1 Å². The Hall–Kier alpha value is -1.18. The van der Waals surface area contributed by atoms with Gasteiger partial charge in [-0.1, -0.05) is 6.07 Å². The summed E-state index contributed by atoms with van der Waals surface area (Å²) >= 11 is 1.76. The molecular formula is C11H14N2OS. The normalized spacial score (nSPS) is 9.67. The highest BCUT2D eigenvalue weighted by Crippen LogP contribution is 2.21. The summed E-state index contributed by atoms with van der Waals surface area (Å²) in [5.41, 5.74) is 7.12. The molecule has 80 valence electrons. The third-order valence-corrected chi connectivity index (χ3v) is 2.98. The predicted octanol–water partition coefficient (Wildman–Crippen LogP) is 1.76. The molecule has 15 heavy (non-hydrogen) atoms. The Morgan fingerprint density at radius 1 is 1.53 bits per heavy atom. The van der Waals surface area contributed by atoms with Crippen molar-refractivity contribution in [2.45, 2.75) is 5.75 Å². The van der Waals surface area contributed by atoms with Crippen LogP contribution in [0.25, 0.3) is 0 Å². The van der Waals surface area contributed by atoms with Crippen molar-refractivity contribution < 1.29 is 4.74 Å². The fourth-order valence-corrected chi connectivity index (χ4v) is 1.93. The van der Waals surface area contributed by atoms with E-state index in [2.05, 4.69) is 6.07 Å². The van der Waals surface area contributed by atoms with E-state index in [-0.39, 0.29) is 0 Å². The zero-order chi connectivity index (χ0) is 11.1. The lowest BCUT2D eigenvalue weighted by atomic mass is 10.1. The first-order valence-electron chi connectivity index (χ1n) is 4.66. The lowest BCUT2D eigenvalue weighted by molar-refractivity contribution is 0.413. The van der Waals surface area contributed by atoms with Gasteiger partial charge in [0.25, 0.3) is 0 Å². The van der Waals surface area contributed by atoms with Crippen molar-refractivity contribution in [3.63, 3.8) is 0 Å². The maximum absolute atomic E-state index is 8.89. The van der Waals surface area contributed by atoms with Crippen LogP contribution in [0.2, 0.25) is 0 Å². The summed E-state index contributed by atoms with van der Waals surface area (Å²) in [6.07, 6.45) is 0. The second kappa shape index (κ2) is 6.33. The molecule has 1 aromatic carbocycles. The lowest BCUT2D eigenvalue weighted by Crippen LogP contribution is -2.01. The number of methoxy groups -OCH3 is 1. The fourth-order valence-electron chi connectivity index (χ4n) is 1.21. The van der Waals surface area contributed by atoms with Gasteiger partial charge in [0.15, 0.2) is 0 Å². The number of nitriles is 1. The standard InChI is InChI=1S/C11H14N2OS/c1-14-11-3-2-9(6-10(11)7-13)8-15-5-4-12/h2-3,6H,4-5,8,12H2,1H3. The Balaban J connectivity index is 2.71. The first-order chi connectivity index (χ1) is 7.31. The van der Waals surface area contributed by atoms with Gasteiger partial charge in [-0.05, 0) is 17.7 Å². The summed E-state index contributed by atoms with van der Waals surface area (Å²) < 4.78 is 5.07. The lowest BCUT2D eigenvalue weighted by Gasteiger charge is -2.05. The van der Waals surface area contributed by atoms with Crippen molar-refractivity contribution in [2.75, 3.05) is 19.4 Å². The van der Waals surface area contributed by atoms with E-state index in [1.807, 2.05) is 18.2 Å². The van der Waals surface area contributed by atoms with E-state index in [9.17, 15) is 0 Å². The largest absolute Gasteiger partial charge is 0.495 e. The zero-order valence-corrected chi connectivity index (χ0v) is 9.51. The number of nitrogens with zero attached hydrogens (tertiary/aromatic N) is 1. The average molecular weight is 222 g/mol. The second-order valence-electron chi connectivity index (χ2n) is 2.99. The molecule has 0 aliphatic carbocycles. The molecule has 0 radical (unpaired) electrons. The van der Waals surface area contributed by atoms with Crippen molar-refractivity contribution in [3.05, 3.63) is 29.3 Å². The number of hydrogen-bond acceptors (Lipinski definition) is 4. The minimum absolute atomic E-state index is 0.586. The minimum Gasteiger partial charge on any atom is -0.495 e. The van der Waals surface area contributed by atoms with Crippen molar-refractivity contribution >= 4 is 11.8 Å². The molecule has 4 heteroatoms. The van der Waals surface area contributed by atoms with Gasteiger partial charge in [-0.3, -0.25) is 0 Å². The van der Waals surface area contributed by atoms with Crippen LogP contribution in [0.15, 0.2) is 18.2 Å². The molecule has 0 fully saturated rings. The first kappa shape index (κ1) is 11.9. The first-order valence-corrected chi connectivity index (χ1v) is 5.82. The van der Waals surface area contributed by atoms with Crippen LogP contribution in [0.4, 0.5) is 0 Å². The summed E-state index contributed by atoms with van der Waals surface area (Å²) in [5, 5.41) is 8.89. The summed E-state index contributed by atoms with van der Waals surface area (Å²) in [6, 6.07) is 7.79. The average Bonchev–Trinajstić information content (AvgIpc) is 2.29. The van der Waals surface area contributed by atoms with Crippen LogP contribution >= 0.6 is 11.8 Å². The van der Waals surface area contributed by atoms with Gasteiger partial charge in [0.2, 0.25) is 0 Å². The van der Waals surface area contributed by atoms with Crippen molar-refractivity contribution in [1.82, 2.24) is 0 Å². The van der Waals surface area contributed by atoms with Crippen molar-refractivity contribution in [2.24, 2.45) is 5.73 Å². The SMILES string of the molecule is COc1ccc(CSCCN)cc1C#N. The van der Waals surface area contributed by atoms with Gasteiger partial charge in [-0.25, -0.2) is 0 Å². The van der Waals surface area contributed by atoms with Gasteiger partial charge in [0, 0.05) is 18.1 Å². The van der Waals surface area contributed by atoms with Crippen molar-refractivity contribution in [1.29, 1.82) is 5.26 Å². The van der Waals surface area contributed by atoms with Crippen LogP contribution < -0.4 is 10.5 Å². The van der Waals surface area contributed by atoms with Gasteiger partial charge in [-0.15, -0.1) is 0 Å². The van der Waals surface area contributed by atoms with E-state index >= 15 is 0 Å². The molecule has 0 amide bonds. The molecule has 3 nitrogen and oxygen atoms in total. The Labute approximate surface area is 94.2 Å². The van der Waals surface area contributed by atoms with E-state index in [4.69, 9.17) is 15.7 Å². The molecule has 0 aromatic heterocycles. The molecule has 2 N–H and O–H groups in total. The molecule has 0 heterocycles. The quantitative estimate of drug-likeness (QED) is 0.771. The number of hydrogen-bond donors (Lipinski definition) is 1. The molecule has 1 aromatic rings. The zero-order valence-electron chi connectivity index (χ0n) is 8.69. The topological polar surface area (TPSA) is 59.0 Å². The number of nitrogens with two attached hydrogens (primary N) is 1. The van der Waals surface area contributed by atoms with E-state index < -0.39 is 0 Å². The van der Waals surface area contributed by atoms with Crippen LogP contribution in [-0.2, 0) is 5.75 Å². The highest BCUT2D eigenvalue weighted by atomic mass is 32.2. The predicted molar refractivity (Wildman–Crippen MR) is 62.9 cm³/mol. The molecule has 0 aliphatic heterocycles. The number of rotatable bonds is 5. The highest BCUT2D eigenvalue weighted by Gasteiger charge is 2.03.